The Morgan fingerprint density at radius 3 is 2.68 bits per heavy atom. The van der Waals surface area contributed by atoms with E-state index in [4.69, 9.17) is 5.73 Å². The highest BCUT2D eigenvalue weighted by atomic mass is 16.3. The number of aliphatic hydroxyl groups is 1. The number of nitrogens with two attached hydrogens (primary N) is 1. The maximum atomic E-state index is 9.44. The van der Waals surface area contributed by atoms with E-state index in [1.807, 2.05) is 24.3 Å². The van der Waals surface area contributed by atoms with E-state index >= 15 is 0 Å². The molecule has 0 fully saturated rings. The van der Waals surface area contributed by atoms with Gasteiger partial charge in [0.2, 0.25) is 5.95 Å². The second-order valence-corrected chi connectivity index (χ2v) is 5.10. The number of nitrogens with one attached hydrogen (secondary N) is 1. The minimum atomic E-state index is -0.0299. The molecule has 0 amide bonds. The summed E-state index contributed by atoms with van der Waals surface area (Å²) >= 11 is 0. The van der Waals surface area contributed by atoms with Crippen molar-refractivity contribution in [3.8, 4) is 0 Å². The zero-order valence-electron chi connectivity index (χ0n) is 11.3. The molecular formula is C14H20N4O. The van der Waals surface area contributed by atoms with Crippen LogP contribution in [0.3, 0.4) is 0 Å². The summed E-state index contributed by atoms with van der Waals surface area (Å²) in [7, 11) is 0. The van der Waals surface area contributed by atoms with Crippen molar-refractivity contribution in [1.29, 1.82) is 0 Å². The fourth-order valence-electron chi connectivity index (χ4n) is 2.15. The Morgan fingerprint density at radius 2 is 2.00 bits per heavy atom. The van der Waals surface area contributed by atoms with Gasteiger partial charge in [-0.1, -0.05) is 26.0 Å². The van der Waals surface area contributed by atoms with Crippen LogP contribution in [0.25, 0.3) is 10.9 Å². The number of aliphatic hydroxyl groups excluding tert-OH is 1. The van der Waals surface area contributed by atoms with Crippen LogP contribution in [0, 0.1) is 5.92 Å². The molecule has 0 spiro atoms. The number of hydrogen-bond acceptors (Lipinski definition) is 5. The second kappa shape index (κ2) is 5.84. The molecule has 1 atom stereocenters. The maximum absolute atomic E-state index is 9.44. The Hall–Kier alpha value is -1.88. The second-order valence-electron chi connectivity index (χ2n) is 5.10. The molecular weight excluding hydrogens is 240 g/mol. The number of fused-ring (bicyclic) bond motifs is 1. The van der Waals surface area contributed by atoms with Crippen LogP contribution in [0.4, 0.5) is 11.8 Å². The zero-order chi connectivity index (χ0) is 13.8. The van der Waals surface area contributed by atoms with Gasteiger partial charge in [-0.2, -0.15) is 4.98 Å². The number of para-hydroxylation sites is 1. The van der Waals surface area contributed by atoms with Crippen molar-refractivity contribution < 1.29 is 5.11 Å². The smallest absolute Gasteiger partial charge is 0.222 e. The van der Waals surface area contributed by atoms with Crippen molar-refractivity contribution in [2.24, 2.45) is 5.92 Å². The Labute approximate surface area is 112 Å². The van der Waals surface area contributed by atoms with Gasteiger partial charge in [0.05, 0.1) is 18.2 Å². The molecule has 1 heterocycles. The predicted octanol–water partition coefficient (Wildman–Crippen LogP) is 2.03. The van der Waals surface area contributed by atoms with E-state index in [9.17, 15) is 5.11 Å². The van der Waals surface area contributed by atoms with Crippen molar-refractivity contribution in [3.05, 3.63) is 24.3 Å². The molecule has 0 unspecified atom stereocenters. The molecule has 102 valence electrons. The lowest BCUT2D eigenvalue weighted by Gasteiger charge is -2.19. The average molecular weight is 260 g/mol. The largest absolute Gasteiger partial charge is 0.394 e. The molecule has 0 saturated carbocycles. The molecule has 5 nitrogen and oxygen atoms in total. The monoisotopic (exact) mass is 260 g/mol. The van der Waals surface area contributed by atoms with E-state index in [1.54, 1.807) is 0 Å². The Morgan fingerprint density at radius 1 is 1.26 bits per heavy atom. The summed E-state index contributed by atoms with van der Waals surface area (Å²) in [5.41, 5.74) is 6.52. The van der Waals surface area contributed by atoms with Gasteiger partial charge in [-0.25, -0.2) is 4.98 Å². The summed E-state index contributed by atoms with van der Waals surface area (Å²) in [6.07, 6.45) is 0.870. The molecule has 0 radical (unpaired) electrons. The topological polar surface area (TPSA) is 84.1 Å². The zero-order valence-corrected chi connectivity index (χ0v) is 11.3. The van der Waals surface area contributed by atoms with Gasteiger partial charge in [-0.3, -0.25) is 0 Å². The lowest BCUT2D eigenvalue weighted by atomic mass is 10.0. The fraction of sp³-hybridized carbons (Fsp3) is 0.429. The first kappa shape index (κ1) is 13.5. The third-order valence-corrected chi connectivity index (χ3v) is 2.94. The molecule has 2 aromatic rings. The highest BCUT2D eigenvalue weighted by molar-refractivity contribution is 5.89. The summed E-state index contributed by atoms with van der Waals surface area (Å²) in [5.74, 6) is 1.42. The average Bonchev–Trinajstić information content (AvgIpc) is 2.37. The summed E-state index contributed by atoms with van der Waals surface area (Å²) in [4.78, 5) is 8.44. The molecule has 0 aliphatic heterocycles. The molecule has 2 rings (SSSR count). The quantitative estimate of drug-likeness (QED) is 0.766. The SMILES string of the molecule is CC(C)C[C@@H](CO)Nc1nc(N)nc2ccccc12. The van der Waals surface area contributed by atoms with Gasteiger partial charge < -0.3 is 16.2 Å². The molecule has 0 aliphatic carbocycles. The fourth-order valence-corrected chi connectivity index (χ4v) is 2.15. The van der Waals surface area contributed by atoms with Crippen LogP contribution in [-0.4, -0.2) is 27.7 Å². The molecule has 1 aromatic heterocycles. The number of benzene rings is 1. The molecule has 0 bridgehead atoms. The summed E-state index contributed by atoms with van der Waals surface area (Å²) in [6.45, 7) is 4.31. The van der Waals surface area contributed by atoms with Gasteiger partial charge in [-0.15, -0.1) is 0 Å². The predicted molar refractivity (Wildman–Crippen MR) is 77.9 cm³/mol. The standard InChI is InChI=1S/C14H20N4O/c1-9(2)7-10(8-19)16-13-11-5-3-4-6-12(11)17-14(15)18-13/h3-6,9-10,19H,7-8H2,1-2H3,(H3,15,16,17,18)/t10-/m0/s1. The summed E-state index contributed by atoms with van der Waals surface area (Å²) < 4.78 is 0. The lowest BCUT2D eigenvalue weighted by Crippen LogP contribution is -2.26. The van der Waals surface area contributed by atoms with Gasteiger partial charge >= 0.3 is 0 Å². The summed E-state index contributed by atoms with van der Waals surface area (Å²) in [6, 6.07) is 7.66. The molecule has 5 heteroatoms. The molecule has 0 aliphatic rings. The van der Waals surface area contributed by atoms with Crippen molar-refractivity contribution in [2.45, 2.75) is 26.3 Å². The van der Waals surface area contributed by atoms with Crippen LogP contribution < -0.4 is 11.1 Å². The van der Waals surface area contributed by atoms with E-state index in [0.29, 0.717) is 11.7 Å². The first-order valence-corrected chi connectivity index (χ1v) is 6.49. The Bertz CT molecular complexity index is 556. The van der Waals surface area contributed by atoms with Crippen LogP contribution >= 0.6 is 0 Å². The van der Waals surface area contributed by atoms with Crippen LogP contribution in [0.5, 0.6) is 0 Å². The number of anilines is 2. The number of rotatable bonds is 5. The van der Waals surface area contributed by atoms with Crippen LogP contribution in [0.1, 0.15) is 20.3 Å². The van der Waals surface area contributed by atoms with E-state index < -0.39 is 0 Å². The number of nitrogens with zero attached hydrogens (tertiary/aromatic N) is 2. The van der Waals surface area contributed by atoms with Crippen molar-refractivity contribution in [3.63, 3.8) is 0 Å². The van der Waals surface area contributed by atoms with Crippen molar-refractivity contribution >= 4 is 22.7 Å². The molecule has 1 aromatic carbocycles. The number of aromatic nitrogens is 2. The third-order valence-electron chi connectivity index (χ3n) is 2.94. The highest BCUT2D eigenvalue weighted by Gasteiger charge is 2.13. The minimum Gasteiger partial charge on any atom is -0.394 e. The van der Waals surface area contributed by atoms with Gasteiger partial charge in [0.1, 0.15) is 5.82 Å². The normalized spacial score (nSPS) is 12.8. The highest BCUT2D eigenvalue weighted by Crippen LogP contribution is 2.22. The van der Waals surface area contributed by atoms with E-state index in [1.165, 1.54) is 0 Å². The molecule has 19 heavy (non-hydrogen) atoms. The molecule has 4 N–H and O–H groups in total. The van der Waals surface area contributed by atoms with Crippen LogP contribution in [0.2, 0.25) is 0 Å². The first-order chi connectivity index (χ1) is 9.10. The van der Waals surface area contributed by atoms with Gasteiger partial charge in [0.25, 0.3) is 0 Å². The number of hydrogen-bond donors (Lipinski definition) is 3. The van der Waals surface area contributed by atoms with Crippen LogP contribution in [0.15, 0.2) is 24.3 Å². The Balaban J connectivity index is 2.33. The first-order valence-electron chi connectivity index (χ1n) is 6.49. The van der Waals surface area contributed by atoms with E-state index in [0.717, 1.165) is 17.3 Å². The van der Waals surface area contributed by atoms with Crippen molar-refractivity contribution in [1.82, 2.24) is 9.97 Å². The lowest BCUT2D eigenvalue weighted by molar-refractivity contribution is 0.259. The van der Waals surface area contributed by atoms with Crippen LogP contribution in [-0.2, 0) is 0 Å². The number of nitrogen functional groups attached to an aromatic ring is 1. The molecule has 0 saturated heterocycles. The van der Waals surface area contributed by atoms with Crippen molar-refractivity contribution in [2.75, 3.05) is 17.7 Å². The van der Waals surface area contributed by atoms with Gasteiger partial charge in [0.15, 0.2) is 0 Å². The maximum Gasteiger partial charge on any atom is 0.222 e. The summed E-state index contributed by atoms with van der Waals surface area (Å²) in [5, 5.41) is 13.6. The van der Waals surface area contributed by atoms with Gasteiger partial charge in [0, 0.05) is 5.39 Å². The Kier molecular flexibility index (Phi) is 4.16. The van der Waals surface area contributed by atoms with E-state index in [2.05, 4.69) is 29.1 Å². The van der Waals surface area contributed by atoms with Gasteiger partial charge in [-0.05, 0) is 24.5 Å². The third kappa shape index (κ3) is 3.32. The minimum absolute atomic E-state index is 0.0299. The van der Waals surface area contributed by atoms with E-state index in [-0.39, 0.29) is 18.6 Å².